The molecule has 2 atom stereocenters. The molecule has 0 aliphatic rings. The lowest BCUT2D eigenvalue weighted by Crippen LogP contribution is -2.34. The fourth-order valence-corrected chi connectivity index (χ4v) is 1.23. The molecule has 0 aliphatic heterocycles. The van der Waals surface area contributed by atoms with Gasteiger partial charge in [-0.15, -0.1) is 0 Å². The number of hydrogen-bond acceptors (Lipinski definition) is 4. The van der Waals surface area contributed by atoms with Crippen molar-refractivity contribution in [1.82, 2.24) is 15.5 Å². The van der Waals surface area contributed by atoms with E-state index in [2.05, 4.69) is 15.5 Å². The lowest BCUT2D eigenvalue weighted by molar-refractivity contribution is -0.119. The van der Waals surface area contributed by atoms with Gasteiger partial charge in [-0.2, -0.15) is 5.10 Å². The Kier molecular flexibility index (Phi) is 3.81. The molecule has 2 unspecified atom stereocenters. The number of aromatic amines is 1. The molecule has 1 rings (SSSR count). The Morgan fingerprint density at radius 3 is 2.80 bits per heavy atom. The fourth-order valence-electron chi connectivity index (χ4n) is 1.23. The Bertz CT molecular complexity index is 337. The van der Waals surface area contributed by atoms with Gasteiger partial charge in [-0.05, 0) is 6.92 Å². The molecule has 1 aromatic heterocycles. The predicted molar refractivity (Wildman–Crippen MR) is 53.0 cm³/mol. The van der Waals surface area contributed by atoms with E-state index in [4.69, 9.17) is 0 Å². The van der Waals surface area contributed by atoms with Crippen LogP contribution in [0.4, 0.5) is 0 Å². The second-order valence-electron chi connectivity index (χ2n) is 3.40. The first kappa shape index (κ1) is 11.7. The molecule has 1 amide bonds. The summed E-state index contributed by atoms with van der Waals surface area (Å²) in [4.78, 5) is 10.6. The Morgan fingerprint density at radius 2 is 2.33 bits per heavy atom. The van der Waals surface area contributed by atoms with E-state index >= 15 is 0 Å². The number of nitrogens with zero attached hydrogens (tertiary/aromatic N) is 1. The molecule has 0 bridgehead atoms. The molecule has 0 fully saturated rings. The van der Waals surface area contributed by atoms with Crippen LogP contribution in [-0.2, 0) is 4.79 Å². The van der Waals surface area contributed by atoms with Gasteiger partial charge in [0.1, 0.15) is 12.2 Å². The van der Waals surface area contributed by atoms with Gasteiger partial charge in [0.05, 0.1) is 6.20 Å². The van der Waals surface area contributed by atoms with Gasteiger partial charge in [0, 0.05) is 24.7 Å². The molecule has 84 valence electrons. The number of aromatic nitrogens is 2. The number of H-pyrrole nitrogens is 1. The van der Waals surface area contributed by atoms with Crippen LogP contribution in [0, 0.1) is 6.92 Å². The molecule has 1 aromatic rings. The summed E-state index contributed by atoms with van der Waals surface area (Å²) in [6.45, 7) is 3.11. The maximum atomic E-state index is 10.6. The van der Waals surface area contributed by atoms with Gasteiger partial charge in [0.2, 0.25) is 5.91 Å². The van der Waals surface area contributed by atoms with Crippen LogP contribution in [0.2, 0.25) is 0 Å². The van der Waals surface area contributed by atoms with E-state index in [1.165, 1.54) is 13.1 Å². The van der Waals surface area contributed by atoms with Crippen LogP contribution in [0.15, 0.2) is 6.20 Å². The van der Waals surface area contributed by atoms with E-state index in [0.29, 0.717) is 11.3 Å². The normalized spacial score (nSPS) is 14.7. The molecule has 0 saturated heterocycles. The third-order valence-corrected chi connectivity index (χ3v) is 2.11. The van der Waals surface area contributed by atoms with Crippen molar-refractivity contribution in [2.75, 3.05) is 6.54 Å². The summed E-state index contributed by atoms with van der Waals surface area (Å²) >= 11 is 0. The maximum absolute atomic E-state index is 10.6. The van der Waals surface area contributed by atoms with E-state index in [0.717, 1.165) is 0 Å². The van der Waals surface area contributed by atoms with Gasteiger partial charge in [0.15, 0.2) is 0 Å². The molecular weight excluding hydrogens is 198 g/mol. The van der Waals surface area contributed by atoms with Crippen LogP contribution in [0.3, 0.4) is 0 Å². The van der Waals surface area contributed by atoms with Crippen molar-refractivity contribution in [3.63, 3.8) is 0 Å². The molecule has 15 heavy (non-hydrogen) atoms. The summed E-state index contributed by atoms with van der Waals surface area (Å²) in [5.74, 6) is -0.245. The number of amides is 1. The lowest BCUT2D eigenvalue weighted by Gasteiger charge is -2.17. The first-order chi connectivity index (χ1) is 7.02. The highest BCUT2D eigenvalue weighted by Gasteiger charge is 2.21. The number of carbonyl (C=O) groups excluding carboxylic acids is 1. The third-order valence-electron chi connectivity index (χ3n) is 2.11. The zero-order valence-electron chi connectivity index (χ0n) is 8.69. The lowest BCUT2D eigenvalue weighted by atomic mass is 10.1. The minimum Gasteiger partial charge on any atom is -0.388 e. The molecule has 0 saturated carbocycles. The minimum atomic E-state index is -1.05. The van der Waals surface area contributed by atoms with Crippen molar-refractivity contribution in [1.29, 1.82) is 0 Å². The Labute approximate surface area is 87.3 Å². The number of carbonyl (C=O) groups is 1. The Balaban J connectivity index is 2.57. The summed E-state index contributed by atoms with van der Waals surface area (Å²) in [5, 5.41) is 28.1. The molecule has 0 aromatic carbocycles. The number of aliphatic hydroxyl groups is 2. The second kappa shape index (κ2) is 4.90. The number of rotatable bonds is 4. The summed E-state index contributed by atoms with van der Waals surface area (Å²) in [6.07, 6.45) is -0.627. The Morgan fingerprint density at radius 1 is 1.67 bits per heavy atom. The van der Waals surface area contributed by atoms with Crippen molar-refractivity contribution in [2.45, 2.75) is 26.1 Å². The standard InChI is InChI=1S/C9H15N3O3/c1-5-7(3-11-12-5)9(15)8(14)4-10-6(2)13/h3,8-9,14-15H,4H2,1-2H3,(H,10,13)(H,11,12). The predicted octanol–water partition coefficient (Wildman–Crippen LogP) is -0.751. The first-order valence-electron chi connectivity index (χ1n) is 4.62. The number of aliphatic hydroxyl groups excluding tert-OH is 2. The smallest absolute Gasteiger partial charge is 0.216 e. The van der Waals surface area contributed by atoms with Crippen LogP contribution in [-0.4, -0.2) is 39.0 Å². The van der Waals surface area contributed by atoms with E-state index < -0.39 is 12.2 Å². The van der Waals surface area contributed by atoms with Crippen LogP contribution >= 0.6 is 0 Å². The summed E-state index contributed by atoms with van der Waals surface area (Å²) in [6, 6.07) is 0. The van der Waals surface area contributed by atoms with Crippen LogP contribution in [0.5, 0.6) is 0 Å². The number of nitrogens with one attached hydrogen (secondary N) is 2. The van der Waals surface area contributed by atoms with Crippen molar-refractivity contribution < 1.29 is 15.0 Å². The molecule has 0 radical (unpaired) electrons. The van der Waals surface area contributed by atoms with Crippen LogP contribution in [0.25, 0.3) is 0 Å². The SMILES string of the molecule is CC(=O)NCC(O)C(O)c1cn[nH]c1C. The highest BCUT2D eigenvalue weighted by atomic mass is 16.3. The zero-order chi connectivity index (χ0) is 11.4. The van der Waals surface area contributed by atoms with Gasteiger partial charge in [0.25, 0.3) is 0 Å². The number of hydrogen-bond donors (Lipinski definition) is 4. The molecule has 4 N–H and O–H groups in total. The topological polar surface area (TPSA) is 98.2 Å². The van der Waals surface area contributed by atoms with Gasteiger partial charge in [-0.1, -0.05) is 0 Å². The van der Waals surface area contributed by atoms with Gasteiger partial charge >= 0.3 is 0 Å². The summed E-state index contributed by atoms with van der Waals surface area (Å²) < 4.78 is 0. The third kappa shape index (κ3) is 3.03. The average Bonchev–Trinajstić information content (AvgIpc) is 2.59. The monoisotopic (exact) mass is 213 g/mol. The Hall–Kier alpha value is -1.40. The molecule has 0 aliphatic carbocycles. The average molecular weight is 213 g/mol. The van der Waals surface area contributed by atoms with E-state index in [1.54, 1.807) is 6.92 Å². The highest BCUT2D eigenvalue weighted by molar-refractivity contribution is 5.72. The maximum Gasteiger partial charge on any atom is 0.216 e. The number of aryl methyl sites for hydroxylation is 1. The first-order valence-corrected chi connectivity index (χ1v) is 4.62. The van der Waals surface area contributed by atoms with Gasteiger partial charge < -0.3 is 15.5 Å². The minimum absolute atomic E-state index is 0.0150. The zero-order valence-corrected chi connectivity index (χ0v) is 8.69. The molecule has 0 spiro atoms. The summed E-state index contributed by atoms with van der Waals surface area (Å²) in [5.41, 5.74) is 1.23. The molecule has 6 heteroatoms. The van der Waals surface area contributed by atoms with Gasteiger partial charge in [-0.3, -0.25) is 9.89 Å². The molecular formula is C9H15N3O3. The van der Waals surface area contributed by atoms with Crippen molar-refractivity contribution in [2.24, 2.45) is 0 Å². The van der Waals surface area contributed by atoms with Crippen molar-refractivity contribution in [3.8, 4) is 0 Å². The van der Waals surface area contributed by atoms with E-state index in [-0.39, 0.29) is 12.5 Å². The highest BCUT2D eigenvalue weighted by Crippen LogP contribution is 2.18. The summed E-state index contributed by atoms with van der Waals surface area (Å²) in [7, 11) is 0. The van der Waals surface area contributed by atoms with Gasteiger partial charge in [-0.25, -0.2) is 0 Å². The van der Waals surface area contributed by atoms with Crippen molar-refractivity contribution in [3.05, 3.63) is 17.5 Å². The second-order valence-corrected chi connectivity index (χ2v) is 3.40. The molecule has 6 nitrogen and oxygen atoms in total. The van der Waals surface area contributed by atoms with Crippen LogP contribution in [0.1, 0.15) is 24.3 Å². The fraction of sp³-hybridized carbons (Fsp3) is 0.556. The van der Waals surface area contributed by atoms with Crippen molar-refractivity contribution >= 4 is 5.91 Å². The molecule has 1 heterocycles. The van der Waals surface area contributed by atoms with Crippen LogP contribution < -0.4 is 5.32 Å². The van der Waals surface area contributed by atoms with E-state index in [1.807, 2.05) is 0 Å². The largest absolute Gasteiger partial charge is 0.388 e. The van der Waals surface area contributed by atoms with E-state index in [9.17, 15) is 15.0 Å². The quantitative estimate of drug-likeness (QED) is 0.529.